The summed E-state index contributed by atoms with van der Waals surface area (Å²) in [5, 5.41) is 2.97. The normalized spacial score (nSPS) is 10.7. The van der Waals surface area contributed by atoms with Gasteiger partial charge in [-0.2, -0.15) is 0 Å². The number of carbonyl (C=O) groups is 3. The summed E-state index contributed by atoms with van der Waals surface area (Å²) in [4.78, 5) is 41.4. The van der Waals surface area contributed by atoms with Crippen molar-refractivity contribution in [2.45, 2.75) is 20.8 Å². The second-order valence-corrected chi connectivity index (χ2v) is 7.35. The molecule has 3 rings (SSSR count). The second kappa shape index (κ2) is 7.81. The Morgan fingerprint density at radius 2 is 1.93 bits per heavy atom. The molecule has 1 amide bonds. The number of hydrogen-bond donors (Lipinski definition) is 1. The molecule has 3 heterocycles. The average Bonchev–Trinajstić information content (AvgIpc) is 3.22. The number of esters is 2. The monoisotopic (exact) mass is 401 g/mol. The summed E-state index contributed by atoms with van der Waals surface area (Å²) in [6.07, 6.45) is 1.56. The molecule has 0 aliphatic heterocycles. The van der Waals surface area contributed by atoms with Gasteiger partial charge < -0.3 is 19.2 Å². The number of imidazole rings is 1. The fraction of sp³-hybridized carbons (Fsp3) is 0.263. The molecule has 0 atom stereocenters. The molecule has 0 unspecified atom stereocenters. The molecular formula is C19H19N3O5S. The third-order valence-corrected chi connectivity index (χ3v) is 5.39. The highest BCUT2D eigenvalue weighted by molar-refractivity contribution is 7.16. The average molecular weight is 401 g/mol. The number of fused-ring (bicyclic) bond motifs is 1. The number of thiophene rings is 1. The van der Waals surface area contributed by atoms with Crippen LogP contribution in [0.3, 0.4) is 0 Å². The van der Waals surface area contributed by atoms with Crippen LogP contribution in [0.5, 0.6) is 0 Å². The summed E-state index contributed by atoms with van der Waals surface area (Å²) in [5.74, 6) is -1.79. The number of aromatic nitrogens is 2. The minimum atomic E-state index is -0.704. The van der Waals surface area contributed by atoms with Gasteiger partial charge in [-0.3, -0.25) is 4.79 Å². The van der Waals surface area contributed by atoms with Crippen LogP contribution in [0.1, 0.15) is 37.0 Å². The van der Waals surface area contributed by atoms with Crippen LogP contribution in [-0.4, -0.2) is 40.9 Å². The smallest absolute Gasteiger partial charge is 0.359 e. The maximum atomic E-state index is 12.2. The Bertz CT molecular complexity index is 1080. The van der Waals surface area contributed by atoms with E-state index in [0.717, 1.165) is 16.1 Å². The Hall–Kier alpha value is -3.20. The Morgan fingerprint density at radius 1 is 1.18 bits per heavy atom. The second-order valence-electron chi connectivity index (χ2n) is 6.12. The Labute approximate surface area is 165 Å². The summed E-state index contributed by atoms with van der Waals surface area (Å²) in [7, 11) is 1.28. The first-order valence-electron chi connectivity index (χ1n) is 8.41. The van der Waals surface area contributed by atoms with Gasteiger partial charge in [-0.25, -0.2) is 14.6 Å². The zero-order chi connectivity index (χ0) is 20.4. The lowest BCUT2D eigenvalue weighted by Crippen LogP contribution is -2.21. The first-order chi connectivity index (χ1) is 13.3. The molecule has 0 fully saturated rings. The molecule has 1 N–H and O–H groups in total. The minimum absolute atomic E-state index is 0.111. The highest BCUT2D eigenvalue weighted by atomic mass is 32.1. The molecule has 0 radical (unpaired) electrons. The van der Waals surface area contributed by atoms with Crippen molar-refractivity contribution in [3.63, 3.8) is 0 Å². The van der Waals surface area contributed by atoms with Gasteiger partial charge in [-0.15, -0.1) is 11.3 Å². The SMILES string of the molecule is COC(=O)c1c(NC(=O)COC(=O)c2cn3c(C)cccc3n2)sc(C)c1C. The number of rotatable bonds is 5. The van der Waals surface area contributed by atoms with E-state index in [-0.39, 0.29) is 5.69 Å². The van der Waals surface area contributed by atoms with Crippen LogP contribution in [-0.2, 0) is 14.3 Å². The van der Waals surface area contributed by atoms with Crippen LogP contribution in [0, 0.1) is 20.8 Å². The number of amides is 1. The van der Waals surface area contributed by atoms with E-state index in [0.29, 0.717) is 16.2 Å². The third kappa shape index (κ3) is 3.74. The van der Waals surface area contributed by atoms with Crippen LogP contribution in [0.4, 0.5) is 5.00 Å². The summed E-state index contributed by atoms with van der Waals surface area (Å²) in [6.45, 7) is 5.01. The lowest BCUT2D eigenvalue weighted by molar-refractivity contribution is -0.119. The van der Waals surface area contributed by atoms with Crippen LogP contribution < -0.4 is 5.32 Å². The maximum Gasteiger partial charge on any atom is 0.359 e. The number of methoxy groups -OCH3 is 1. The van der Waals surface area contributed by atoms with Crippen molar-refractivity contribution in [1.29, 1.82) is 0 Å². The zero-order valence-electron chi connectivity index (χ0n) is 15.9. The minimum Gasteiger partial charge on any atom is -0.465 e. The van der Waals surface area contributed by atoms with Gasteiger partial charge in [-0.05, 0) is 38.5 Å². The quantitative estimate of drug-likeness (QED) is 0.660. The van der Waals surface area contributed by atoms with Gasteiger partial charge in [-0.1, -0.05) is 6.07 Å². The fourth-order valence-corrected chi connectivity index (χ4v) is 3.74. The zero-order valence-corrected chi connectivity index (χ0v) is 16.7. The highest BCUT2D eigenvalue weighted by Gasteiger charge is 2.22. The van der Waals surface area contributed by atoms with Crippen molar-refractivity contribution < 1.29 is 23.9 Å². The number of aryl methyl sites for hydroxylation is 2. The van der Waals surface area contributed by atoms with E-state index >= 15 is 0 Å². The van der Waals surface area contributed by atoms with Crippen molar-refractivity contribution >= 4 is 39.8 Å². The van der Waals surface area contributed by atoms with E-state index in [1.54, 1.807) is 23.6 Å². The van der Waals surface area contributed by atoms with Crippen molar-refractivity contribution in [2.24, 2.45) is 0 Å². The van der Waals surface area contributed by atoms with Gasteiger partial charge in [0, 0.05) is 16.8 Å². The number of pyridine rings is 1. The van der Waals surface area contributed by atoms with Crippen LogP contribution >= 0.6 is 11.3 Å². The Kier molecular flexibility index (Phi) is 5.46. The highest BCUT2D eigenvalue weighted by Crippen LogP contribution is 2.32. The first kappa shape index (κ1) is 19.6. The van der Waals surface area contributed by atoms with E-state index in [4.69, 9.17) is 9.47 Å². The largest absolute Gasteiger partial charge is 0.465 e. The van der Waals surface area contributed by atoms with Gasteiger partial charge in [0.2, 0.25) is 0 Å². The standard InChI is InChI=1S/C19H19N3O5S/c1-10-6-5-7-14-20-13(8-22(10)14)18(24)27-9-15(23)21-17-16(19(25)26-4)11(2)12(3)28-17/h5-8H,9H2,1-4H3,(H,21,23). The lowest BCUT2D eigenvalue weighted by Gasteiger charge is -2.06. The molecule has 0 aliphatic carbocycles. The van der Waals surface area contributed by atoms with Gasteiger partial charge in [0.25, 0.3) is 5.91 Å². The molecule has 146 valence electrons. The lowest BCUT2D eigenvalue weighted by atomic mass is 10.1. The maximum absolute atomic E-state index is 12.2. The first-order valence-corrected chi connectivity index (χ1v) is 9.23. The van der Waals surface area contributed by atoms with Crippen LogP contribution in [0.15, 0.2) is 24.4 Å². The molecule has 8 nitrogen and oxygen atoms in total. The topological polar surface area (TPSA) is 99.0 Å². The predicted molar refractivity (Wildman–Crippen MR) is 104 cm³/mol. The number of ether oxygens (including phenoxy) is 2. The summed E-state index contributed by atoms with van der Waals surface area (Å²) in [5.41, 5.74) is 2.69. The van der Waals surface area contributed by atoms with Gasteiger partial charge >= 0.3 is 11.9 Å². The molecule has 28 heavy (non-hydrogen) atoms. The summed E-state index contributed by atoms with van der Waals surface area (Å²) < 4.78 is 11.6. The van der Waals surface area contributed by atoms with Gasteiger partial charge in [0.15, 0.2) is 12.3 Å². The molecule has 3 aromatic heterocycles. The van der Waals surface area contributed by atoms with Crippen molar-refractivity contribution in [3.05, 3.63) is 51.8 Å². The molecule has 0 saturated carbocycles. The number of nitrogens with one attached hydrogen (secondary N) is 1. The van der Waals surface area contributed by atoms with Crippen molar-refractivity contribution in [3.8, 4) is 0 Å². The Balaban J connectivity index is 1.67. The van der Waals surface area contributed by atoms with E-state index in [1.165, 1.54) is 18.4 Å². The molecule has 0 saturated heterocycles. The Morgan fingerprint density at radius 3 is 2.61 bits per heavy atom. The molecular weight excluding hydrogens is 382 g/mol. The predicted octanol–water partition coefficient (Wildman–Crippen LogP) is 2.90. The molecule has 0 bridgehead atoms. The van der Waals surface area contributed by atoms with Gasteiger partial charge in [0.1, 0.15) is 10.6 Å². The van der Waals surface area contributed by atoms with E-state index < -0.39 is 24.5 Å². The summed E-state index contributed by atoms with van der Waals surface area (Å²) >= 11 is 1.26. The molecule has 0 aromatic carbocycles. The number of anilines is 1. The van der Waals surface area contributed by atoms with Gasteiger partial charge in [0.05, 0.1) is 12.7 Å². The van der Waals surface area contributed by atoms with E-state index in [9.17, 15) is 14.4 Å². The van der Waals surface area contributed by atoms with Crippen molar-refractivity contribution in [1.82, 2.24) is 9.38 Å². The number of carbonyl (C=O) groups excluding carboxylic acids is 3. The van der Waals surface area contributed by atoms with Crippen LogP contribution in [0.2, 0.25) is 0 Å². The number of nitrogens with zero attached hydrogens (tertiary/aromatic N) is 2. The molecule has 0 spiro atoms. The molecule has 0 aliphatic rings. The summed E-state index contributed by atoms with van der Waals surface area (Å²) in [6, 6.07) is 5.50. The molecule has 9 heteroatoms. The number of hydrogen-bond acceptors (Lipinski definition) is 7. The van der Waals surface area contributed by atoms with Crippen molar-refractivity contribution in [2.75, 3.05) is 19.0 Å². The fourth-order valence-electron chi connectivity index (χ4n) is 2.68. The molecule has 3 aromatic rings. The third-order valence-electron chi connectivity index (χ3n) is 4.27. The van der Waals surface area contributed by atoms with Crippen LogP contribution in [0.25, 0.3) is 5.65 Å². The van der Waals surface area contributed by atoms with E-state index in [2.05, 4.69) is 10.3 Å². The van der Waals surface area contributed by atoms with E-state index in [1.807, 2.05) is 26.0 Å².